The van der Waals surface area contributed by atoms with E-state index in [1.807, 2.05) is 6.92 Å². The Morgan fingerprint density at radius 3 is 2.58 bits per heavy atom. The standard InChI is InChI=1S/C13H12Cl4O2/c1-2-9-6(3-4-19-9)13(18)10-7(14)5-8(15)11(16)12(10)17/h5-6,9H,2-4H2,1H3. The Morgan fingerprint density at radius 2 is 1.95 bits per heavy atom. The average molecular weight is 342 g/mol. The number of ketones is 1. The highest BCUT2D eigenvalue weighted by molar-refractivity contribution is 6.51. The summed E-state index contributed by atoms with van der Waals surface area (Å²) in [6.07, 6.45) is 1.35. The summed E-state index contributed by atoms with van der Waals surface area (Å²) >= 11 is 24.0. The van der Waals surface area contributed by atoms with E-state index in [4.69, 9.17) is 51.1 Å². The third-order valence-electron chi connectivity index (χ3n) is 3.31. The molecule has 104 valence electrons. The largest absolute Gasteiger partial charge is 0.377 e. The average Bonchev–Trinajstić information content (AvgIpc) is 2.84. The minimum atomic E-state index is -0.225. The molecular formula is C13H12Cl4O2. The van der Waals surface area contributed by atoms with Crippen molar-refractivity contribution in [2.45, 2.75) is 25.9 Å². The zero-order chi connectivity index (χ0) is 14.2. The van der Waals surface area contributed by atoms with E-state index in [2.05, 4.69) is 0 Å². The smallest absolute Gasteiger partial charge is 0.171 e. The minimum Gasteiger partial charge on any atom is -0.377 e. The highest BCUT2D eigenvalue weighted by atomic mass is 35.5. The lowest BCUT2D eigenvalue weighted by Gasteiger charge is -2.17. The topological polar surface area (TPSA) is 26.3 Å². The summed E-state index contributed by atoms with van der Waals surface area (Å²) in [7, 11) is 0. The fourth-order valence-corrected chi connectivity index (χ4v) is 3.43. The van der Waals surface area contributed by atoms with Gasteiger partial charge in [-0.25, -0.2) is 0 Å². The first-order valence-electron chi connectivity index (χ1n) is 5.96. The predicted octanol–water partition coefficient (Wildman–Crippen LogP) is 5.30. The minimum absolute atomic E-state index is 0.0888. The monoisotopic (exact) mass is 340 g/mol. The van der Waals surface area contributed by atoms with Gasteiger partial charge in [-0.2, -0.15) is 0 Å². The molecule has 2 atom stereocenters. The van der Waals surface area contributed by atoms with E-state index in [0.717, 1.165) is 6.42 Å². The molecule has 0 aliphatic carbocycles. The lowest BCUT2D eigenvalue weighted by molar-refractivity contribution is 0.0689. The molecule has 1 aliphatic rings. The lowest BCUT2D eigenvalue weighted by atomic mass is 9.90. The van der Waals surface area contributed by atoms with Gasteiger partial charge in [-0.1, -0.05) is 53.3 Å². The molecule has 6 heteroatoms. The molecule has 2 rings (SSSR count). The van der Waals surface area contributed by atoms with Crippen LogP contribution in [0.4, 0.5) is 0 Å². The van der Waals surface area contributed by atoms with Gasteiger partial charge in [0, 0.05) is 6.61 Å². The summed E-state index contributed by atoms with van der Waals surface area (Å²) in [5, 5.41) is 0.739. The van der Waals surface area contributed by atoms with Gasteiger partial charge in [-0.05, 0) is 18.9 Å². The number of halogens is 4. The van der Waals surface area contributed by atoms with Crippen LogP contribution in [0.5, 0.6) is 0 Å². The van der Waals surface area contributed by atoms with Crippen LogP contribution in [0.3, 0.4) is 0 Å². The quantitative estimate of drug-likeness (QED) is 0.423. The maximum atomic E-state index is 12.6. The van der Waals surface area contributed by atoms with Crippen LogP contribution in [0.1, 0.15) is 30.1 Å². The van der Waals surface area contributed by atoms with E-state index in [1.165, 1.54) is 6.07 Å². The first kappa shape index (κ1) is 15.4. The van der Waals surface area contributed by atoms with Crippen molar-refractivity contribution in [2.75, 3.05) is 6.61 Å². The van der Waals surface area contributed by atoms with E-state index in [9.17, 15) is 4.79 Å². The van der Waals surface area contributed by atoms with E-state index >= 15 is 0 Å². The van der Waals surface area contributed by atoms with Gasteiger partial charge in [0.25, 0.3) is 0 Å². The Morgan fingerprint density at radius 1 is 1.26 bits per heavy atom. The van der Waals surface area contributed by atoms with Crippen molar-refractivity contribution < 1.29 is 9.53 Å². The second-order valence-electron chi connectivity index (χ2n) is 4.42. The highest BCUT2D eigenvalue weighted by Gasteiger charge is 2.35. The Bertz CT molecular complexity index is 516. The van der Waals surface area contributed by atoms with Gasteiger partial charge in [-0.3, -0.25) is 4.79 Å². The van der Waals surface area contributed by atoms with Gasteiger partial charge < -0.3 is 4.74 Å². The first-order chi connectivity index (χ1) is 8.97. The summed E-state index contributed by atoms with van der Waals surface area (Å²) in [5.41, 5.74) is 0.242. The van der Waals surface area contributed by atoms with Gasteiger partial charge in [0.2, 0.25) is 0 Å². The molecule has 0 saturated carbocycles. The van der Waals surface area contributed by atoms with Crippen molar-refractivity contribution in [3.8, 4) is 0 Å². The molecule has 0 amide bonds. The normalized spacial score (nSPS) is 22.8. The molecule has 0 aromatic heterocycles. The Hall–Kier alpha value is 0.01000. The van der Waals surface area contributed by atoms with Crippen molar-refractivity contribution in [2.24, 2.45) is 5.92 Å². The van der Waals surface area contributed by atoms with Gasteiger partial charge in [0.05, 0.1) is 37.7 Å². The van der Waals surface area contributed by atoms with Crippen molar-refractivity contribution in [1.29, 1.82) is 0 Å². The summed E-state index contributed by atoms with van der Waals surface area (Å²) in [6.45, 7) is 2.56. The van der Waals surface area contributed by atoms with Gasteiger partial charge in [0.15, 0.2) is 5.78 Å². The van der Waals surface area contributed by atoms with Crippen LogP contribution >= 0.6 is 46.4 Å². The van der Waals surface area contributed by atoms with Gasteiger partial charge in [0.1, 0.15) is 0 Å². The Balaban J connectivity index is 2.42. The number of Topliss-reactive ketones (excluding diaryl/α,β-unsaturated/α-hetero) is 1. The van der Waals surface area contributed by atoms with Crippen molar-refractivity contribution in [3.63, 3.8) is 0 Å². The summed E-state index contributed by atoms with van der Waals surface area (Å²) < 4.78 is 5.53. The zero-order valence-corrected chi connectivity index (χ0v) is 13.2. The number of rotatable bonds is 3. The van der Waals surface area contributed by atoms with E-state index in [0.29, 0.717) is 13.0 Å². The SMILES string of the molecule is CCC1OCCC1C(=O)c1c(Cl)cc(Cl)c(Cl)c1Cl. The molecule has 0 spiro atoms. The van der Waals surface area contributed by atoms with Crippen LogP contribution in [0, 0.1) is 5.92 Å². The number of carbonyl (C=O) groups excluding carboxylic acids is 1. The molecule has 1 aromatic rings. The fourth-order valence-electron chi connectivity index (χ4n) is 2.33. The maximum Gasteiger partial charge on any atom is 0.171 e. The van der Waals surface area contributed by atoms with E-state index in [-0.39, 0.29) is 43.5 Å². The second-order valence-corrected chi connectivity index (χ2v) is 5.99. The summed E-state index contributed by atoms with van der Waals surface area (Å²) in [5.74, 6) is -0.352. The van der Waals surface area contributed by atoms with Crippen LogP contribution in [0.15, 0.2) is 6.07 Å². The van der Waals surface area contributed by atoms with Gasteiger partial charge >= 0.3 is 0 Å². The van der Waals surface area contributed by atoms with Crippen LogP contribution in [0.25, 0.3) is 0 Å². The third kappa shape index (κ3) is 2.88. The molecule has 1 aliphatic heterocycles. The maximum absolute atomic E-state index is 12.6. The number of benzene rings is 1. The molecular weight excluding hydrogens is 330 g/mol. The van der Waals surface area contributed by atoms with E-state index < -0.39 is 0 Å². The summed E-state index contributed by atoms with van der Waals surface area (Å²) in [6, 6.07) is 1.45. The third-order valence-corrected chi connectivity index (χ3v) is 4.87. The van der Waals surface area contributed by atoms with Crippen LogP contribution in [-0.4, -0.2) is 18.5 Å². The predicted molar refractivity (Wildman–Crippen MR) is 79.0 cm³/mol. The molecule has 0 radical (unpaired) electrons. The van der Waals surface area contributed by atoms with Crippen molar-refractivity contribution in [3.05, 3.63) is 31.7 Å². The molecule has 1 saturated heterocycles. The first-order valence-corrected chi connectivity index (χ1v) is 7.47. The van der Waals surface area contributed by atoms with Crippen LogP contribution in [0.2, 0.25) is 20.1 Å². The number of hydrogen-bond donors (Lipinski definition) is 0. The Labute approximate surface area is 131 Å². The molecule has 19 heavy (non-hydrogen) atoms. The summed E-state index contributed by atoms with van der Waals surface area (Å²) in [4.78, 5) is 12.6. The van der Waals surface area contributed by atoms with E-state index in [1.54, 1.807) is 0 Å². The fraction of sp³-hybridized carbons (Fsp3) is 0.462. The molecule has 2 nitrogen and oxygen atoms in total. The molecule has 0 bridgehead atoms. The number of hydrogen-bond acceptors (Lipinski definition) is 2. The van der Waals surface area contributed by atoms with Gasteiger partial charge in [-0.15, -0.1) is 0 Å². The second kappa shape index (κ2) is 6.19. The van der Waals surface area contributed by atoms with Crippen molar-refractivity contribution >= 4 is 52.2 Å². The molecule has 1 fully saturated rings. The van der Waals surface area contributed by atoms with Crippen LogP contribution < -0.4 is 0 Å². The number of carbonyl (C=O) groups is 1. The molecule has 0 N–H and O–H groups in total. The van der Waals surface area contributed by atoms with Crippen molar-refractivity contribution in [1.82, 2.24) is 0 Å². The number of ether oxygens (including phenoxy) is 1. The highest BCUT2D eigenvalue weighted by Crippen LogP contribution is 2.40. The lowest BCUT2D eigenvalue weighted by Crippen LogP contribution is -2.24. The molecule has 2 unspecified atom stereocenters. The zero-order valence-electron chi connectivity index (χ0n) is 10.2. The molecule has 1 aromatic carbocycles. The Kier molecular flexibility index (Phi) is 5.02. The van der Waals surface area contributed by atoms with Crippen LogP contribution in [-0.2, 0) is 4.74 Å². The molecule has 1 heterocycles.